The summed E-state index contributed by atoms with van der Waals surface area (Å²) in [5, 5.41) is 0. The molecular formula is C22H26. The molecule has 0 amide bonds. The maximum atomic E-state index is 2.34. The van der Waals surface area contributed by atoms with Crippen LogP contribution >= 0.6 is 0 Å². The molecule has 0 aliphatic rings. The third-order valence-corrected chi connectivity index (χ3v) is 3.81. The standard InChI is InChI=1S/C22H26/c1-2-3-6-11-22(18-16-20-12-7-4-8-13-20)19-17-21-14-9-5-10-15-21/h4-5,7-10,12-19,22H,2-3,6,11H2,1H3/b18-16+,19-17+. The van der Waals surface area contributed by atoms with E-state index in [1.165, 1.54) is 36.8 Å². The molecule has 2 aromatic rings. The van der Waals surface area contributed by atoms with Crippen LogP contribution in [0.3, 0.4) is 0 Å². The van der Waals surface area contributed by atoms with Crippen molar-refractivity contribution in [2.45, 2.75) is 32.6 Å². The SMILES string of the molecule is CCCCCC(/C=C/c1ccccc1)/C=C/c1ccccc1. The van der Waals surface area contributed by atoms with E-state index < -0.39 is 0 Å². The lowest BCUT2D eigenvalue weighted by molar-refractivity contribution is 0.613. The van der Waals surface area contributed by atoms with E-state index >= 15 is 0 Å². The van der Waals surface area contributed by atoms with Gasteiger partial charge in [-0.25, -0.2) is 0 Å². The zero-order chi connectivity index (χ0) is 15.5. The number of benzene rings is 2. The molecule has 0 saturated heterocycles. The first-order valence-electron chi connectivity index (χ1n) is 8.35. The van der Waals surface area contributed by atoms with Crippen molar-refractivity contribution < 1.29 is 0 Å². The Balaban J connectivity index is 2.02. The Morgan fingerprint density at radius 2 is 1.23 bits per heavy atom. The van der Waals surface area contributed by atoms with Crippen LogP contribution in [0.4, 0.5) is 0 Å². The molecule has 0 aliphatic heterocycles. The van der Waals surface area contributed by atoms with Crippen LogP contribution in [0.15, 0.2) is 72.8 Å². The Labute approximate surface area is 135 Å². The van der Waals surface area contributed by atoms with Crippen molar-refractivity contribution in [3.63, 3.8) is 0 Å². The fraction of sp³-hybridized carbons (Fsp3) is 0.273. The van der Waals surface area contributed by atoms with Gasteiger partial charge >= 0.3 is 0 Å². The van der Waals surface area contributed by atoms with E-state index in [1.807, 2.05) is 0 Å². The van der Waals surface area contributed by atoms with Crippen LogP contribution < -0.4 is 0 Å². The zero-order valence-electron chi connectivity index (χ0n) is 13.5. The summed E-state index contributed by atoms with van der Waals surface area (Å²) in [5.41, 5.74) is 2.55. The first-order valence-corrected chi connectivity index (χ1v) is 8.35. The summed E-state index contributed by atoms with van der Waals surface area (Å²) in [6, 6.07) is 21.1. The first kappa shape index (κ1) is 16.3. The lowest BCUT2D eigenvalue weighted by atomic mass is 9.98. The quantitative estimate of drug-likeness (QED) is 0.480. The molecule has 0 heteroatoms. The third kappa shape index (κ3) is 6.13. The number of hydrogen-bond acceptors (Lipinski definition) is 0. The van der Waals surface area contributed by atoms with Crippen molar-refractivity contribution in [2.24, 2.45) is 5.92 Å². The predicted molar refractivity (Wildman–Crippen MR) is 98.6 cm³/mol. The fourth-order valence-corrected chi connectivity index (χ4v) is 2.48. The average molecular weight is 290 g/mol. The molecule has 2 aromatic carbocycles. The third-order valence-electron chi connectivity index (χ3n) is 3.81. The van der Waals surface area contributed by atoms with Gasteiger partial charge in [-0.15, -0.1) is 0 Å². The van der Waals surface area contributed by atoms with E-state index in [0.29, 0.717) is 5.92 Å². The molecule has 2 rings (SSSR count). The minimum atomic E-state index is 0.506. The van der Waals surface area contributed by atoms with Gasteiger partial charge in [0.25, 0.3) is 0 Å². The fourth-order valence-electron chi connectivity index (χ4n) is 2.48. The second kappa shape index (κ2) is 9.78. The molecule has 0 heterocycles. The molecule has 0 aromatic heterocycles. The second-order valence-electron chi connectivity index (χ2n) is 5.70. The Hall–Kier alpha value is -2.08. The number of rotatable bonds is 8. The van der Waals surface area contributed by atoms with Gasteiger partial charge in [-0.1, -0.05) is 111 Å². The van der Waals surface area contributed by atoms with Gasteiger partial charge < -0.3 is 0 Å². The zero-order valence-corrected chi connectivity index (χ0v) is 13.5. The van der Waals surface area contributed by atoms with E-state index in [2.05, 4.69) is 91.9 Å². The van der Waals surface area contributed by atoms with Crippen molar-refractivity contribution in [3.05, 3.63) is 83.9 Å². The molecule has 0 saturated carbocycles. The van der Waals surface area contributed by atoms with Crippen LogP contribution in [0.25, 0.3) is 12.2 Å². The normalized spacial score (nSPS) is 11.7. The maximum absolute atomic E-state index is 2.34. The van der Waals surface area contributed by atoms with E-state index in [9.17, 15) is 0 Å². The molecule has 0 nitrogen and oxygen atoms in total. The molecule has 0 aliphatic carbocycles. The molecular weight excluding hydrogens is 264 g/mol. The van der Waals surface area contributed by atoms with Gasteiger partial charge in [0.1, 0.15) is 0 Å². The molecule has 114 valence electrons. The summed E-state index contributed by atoms with van der Waals surface area (Å²) in [6.07, 6.45) is 14.3. The van der Waals surface area contributed by atoms with Gasteiger partial charge in [0.05, 0.1) is 0 Å². The molecule has 22 heavy (non-hydrogen) atoms. The highest BCUT2D eigenvalue weighted by Gasteiger charge is 2.00. The average Bonchev–Trinajstić information content (AvgIpc) is 2.59. The van der Waals surface area contributed by atoms with Crippen LogP contribution in [0.1, 0.15) is 43.7 Å². The number of hydrogen-bond donors (Lipinski definition) is 0. The van der Waals surface area contributed by atoms with Crippen LogP contribution in [0, 0.1) is 5.92 Å². The minimum Gasteiger partial charge on any atom is -0.0770 e. The smallest absolute Gasteiger partial charge is 0.00468 e. The van der Waals surface area contributed by atoms with Crippen LogP contribution in [0.5, 0.6) is 0 Å². The van der Waals surface area contributed by atoms with Crippen molar-refractivity contribution in [2.75, 3.05) is 0 Å². The summed E-state index contributed by atoms with van der Waals surface area (Å²) in [4.78, 5) is 0. The summed E-state index contributed by atoms with van der Waals surface area (Å²) >= 11 is 0. The van der Waals surface area contributed by atoms with Crippen molar-refractivity contribution in [1.82, 2.24) is 0 Å². The van der Waals surface area contributed by atoms with Crippen molar-refractivity contribution in [1.29, 1.82) is 0 Å². The molecule has 0 spiro atoms. The van der Waals surface area contributed by atoms with Gasteiger partial charge in [-0.05, 0) is 23.5 Å². The molecule has 0 unspecified atom stereocenters. The molecule has 0 bridgehead atoms. The lowest BCUT2D eigenvalue weighted by Gasteiger charge is -2.07. The summed E-state index contributed by atoms with van der Waals surface area (Å²) in [6.45, 7) is 2.26. The van der Waals surface area contributed by atoms with Crippen molar-refractivity contribution >= 4 is 12.2 Å². The van der Waals surface area contributed by atoms with Crippen LogP contribution in [0.2, 0.25) is 0 Å². The topological polar surface area (TPSA) is 0 Å². The molecule has 0 atom stereocenters. The maximum Gasteiger partial charge on any atom is -0.00468 e. The molecule has 0 radical (unpaired) electrons. The minimum absolute atomic E-state index is 0.506. The summed E-state index contributed by atoms with van der Waals surface area (Å²) in [7, 11) is 0. The largest absolute Gasteiger partial charge is 0.0770 e. The van der Waals surface area contributed by atoms with Crippen molar-refractivity contribution in [3.8, 4) is 0 Å². The van der Waals surface area contributed by atoms with Crippen LogP contribution in [-0.2, 0) is 0 Å². The first-order chi connectivity index (χ1) is 10.9. The highest BCUT2D eigenvalue weighted by atomic mass is 14.1. The Bertz CT molecular complexity index is 514. The van der Waals surface area contributed by atoms with Gasteiger partial charge in [0, 0.05) is 0 Å². The van der Waals surface area contributed by atoms with Crippen LogP contribution in [-0.4, -0.2) is 0 Å². The monoisotopic (exact) mass is 290 g/mol. The lowest BCUT2D eigenvalue weighted by Crippen LogP contribution is -1.92. The molecule has 0 fully saturated rings. The highest BCUT2D eigenvalue weighted by Crippen LogP contribution is 2.17. The molecule has 0 N–H and O–H groups in total. The Morgan fingerprint density at radius 3 is 1.68 bits per heavy atom. The number of allylic oxidation sites excluding steroid dienone is 2. The van der Waals surface area contributed by atoms with Gasteiger partial charge in [0.15, 0.2) is 0 Å². The van der Waals surface area contributed by atoms with E-state index in [1.54, 1.807) is 0 Å². The number of unbranched alkanes of at least 4 members (excludes halogenated alkanes) is 2. The van der Waals surface area contributed by atoms with E-state index in [4.69, 9.17) is 0 Å². The van der Waals surface area contributed by atoms with Gasteiger partial charge in [-0.3, -0.25) is 0 Å². The Kier molecular flexibility index (Phi) is 7.25. The van der Waals surface area contributed by atoms with E-state index in [0.717, 1.165) is 0 Å². The van der Waals surface area contributed by atoms with E-state index in [-0.39, 0.29) is 0 Å². The summed E-state index contributed by atoms with van der Waals surface area (Å²) < 4.78 is 0. The predicted octanol–water partition coefficient (Wildman–Crippen LogP) is 6.61. The summed E-state index contributed by atoms with van der Waals surface area (Å²) in [5.74, 6) is 0.506. The second-order valence-corrected chi connectivity index (χ2v) is 5.70. The van der Waals surface area contributed by atoms with Gasteiger partial charge in [-0.2, -0.15) is 0 Å². The Morgan fingerprint density at radius 1 is 0.727 bits per heavy atom. The van der Waals surface area contributed by atoms with Gasteiger partial charge in [0.2, 0.25) is 0 Å². The highest BCUT2D eigenvalue weighted by molar-refractivity contribution is 5.52.